The molecular weight excluding hydrogens is 344 g/mol. The van der Waals surface area contributed by atoms with Crippen LogP contribution in [0, 0.1) is 0 Å². The zero-order valence-corrected chi connectivity index (χ0v) is 16.5. The summed E-state index contributed by atoms with van der Waals surface area (Å²) < 4.78 is 5.52. The molecule has 27 heavy (non-hydrogen) atoms. The molecule has 8 heteroatoms. The minimum atomic E-state index is -0.230. The van der Waals surface area contributed by atoms with E-state index in [1.54, 1.807) is 7.05 Å². The lowest BCUT2D eigenvalue weighted by atomic mass is 10.2. The van der Waals surface area contributed by atoms with Crippen LogP contribution < -0.4 is 10.2 Å². The summed E-state index contributed by atoms with van der Waals surface area (Å²) in [5.74, 6) is 1.94. The molecule has 8 nitrogen and oxygen atoms in total. The Labute approximate surface area is 161 Å². The van der Waals surface area contributed by atoms with E-state index in [0.29, 0.717) is 26.2 Å². The number of piperazine rings is 1. The van der Waals surface area contributed by atoms with Gasteiger partial charge in [0.25, 0.3) is 5.91 Å². The highest BCUT2D eigenvalue weighted by Gasteiger charge is 2.30. The number of guanidine groups is 1. The van der Waals surface area contributed by atoms with Crippen LogP contribution in [0.2, 0.25) is 0 Å². The van der Waals surface area contributed by atoms with Gasteiger partial charge in [0.1, 0.15) is 11.9 Å². The van der Waals surface area contributed by atoms with E-state index in [1.165, 1.54) is 0 Å². The number of pyridine rings is 1. The highest BCUT2D eigenvalue weighted by molar-refractivity contribution is 5.82. The van der Waals surface area contributed by atoms with Gasteiger partial charge in [0.15, 0.2) is 5.96 Å². The van der Waals surface area contributed by atoms with Gasteiger partial charge in [-0.05, 0) is 24.5 Å². The van der Waals surface area contributed by atoms with Gasteiger partial charge in [-0.25, -0.2) is 4.98 Å². The maximum atomic E-state index is 12.5. The normalized spacial score (nSPS) is 20.7. The molecule has 1 unspecified atom stereocenters. The van der Waals surface area contributed by atoms with E-state index in [-0.39, 0.29) is 12.0 Å². The number of carbonyl (C=O) groups is 1. The summed E-state index contributed by atoms with van der Waals surface area (Å²) in [5.41, 5.74) is 1.11. The van der Waals surface area contributed by atoms with Crippen molar-refractivity contribution in [2.45, 2.75) is 25.5 Å². The van der Waals surface area contributed by atoms with Crippen LogP contribution >= 0.6 is 0 Å². The fraction of sp³-hybridized carbons (Fsp3) is 0.632. The van der Waals surface area contributed by atoms with Crippen LogP contribution in [-0.4, -0.2) is 86.7 Å². The van der Waals surface area contributed by atoms with Gasteiger partial charge in [-0.15, -0.1) is 0 Å². The van der Waals surface area contributed by atoms with Gasteiger partial charge in [0.2, 0.25) is 0 Å². The minimum Gasteiger partial charge on any atom is -0.368 e. The van der Waals surface area contributed by atoms with Crippen molar-refractivity contribution >= 4 is 17.7 Å². The number of carbonyl (C=O) groups excluding carboxylic acids is 1. The summed E-state index contributed by atoms with van der Waals surface area (Å²) in [4.78, 5) is 27.4. The maximum Gasteiger partial charge on any atom is 0.251 e. The second-order valence-corrected chi connectivity index (χ2v) is 7.13. The van der Waals surface area contributed by atoms with Gasteiger partial charge in [0, 0.05) is 66.7 Å². The summed E-state index contributed by atoms with van der Waals surface area (Å²) in [5, 5.41) is 3.40. The fourth-order valence-corrected chi connectivity index (χ4v) is 3.41. The summed E-state index contributed by atoms with van der Waals surface area (Å²) in [6.07, 6.45) is 3.49. The number of anilines is 1. The molecule has 148 valence electrons. The standard InChI is InChI=1S/C19H30N6O2/c1-20-19(22-14-15-6-7-17(21-13-15)23(2)3)25-10-8-24(9-11-25)18(26)16-5-4-12-27-16/h6-7,13,16H,4-5,8-12,14H2,1-3H3,(H,20,22). The first-order valence-corrected chi connectivity index (χ1v) is 9.56. The lowest BCUT2D eigenvalue weighted by Crippen LogP contribution is -2.55. The molecule has 3 heterocycles. The van der Waals surface area contributed by atoms with E-state index < -0.39 is 0 Å². The molecule has 2 aliphatic heterocycles. The molecule has 1 N–H and O–H groups in total. The third-order valence-electron chi connectivity index (χ3n) is 5.03. The van der Waals surface area contributed by atoms with Gasteiger partial charge < -0.3 is 24.8 Å². The van der Waals surface area contributed by atoms with Crippen molar-refractivity contribution in [3.63, 3.8) is 0 Å². The monoisotopic (exact) mass is 374 g/mol. The van der Waals surface area contributed by atoms with Crippen molar-refractivity contribution in [1.82, 2.24) is 20.1 Å². The molecule has 0 spiro atoms. The molecule has 1 atom stereocenters. The Bertz CT molecular complexity index is 647. The topological polar surface area (TPSA) is 73.3 Å². The van der Waals surface area contributed by atoms with Crippen molar-refractivity contribution in [3.05, 3.63) is 23.9 Å². The van der Waals surface area contributed by atoms with Crippen molar-refractivity contribution in [1.29, 1.82) is 0 Å². The number of hydrogen-bond donors (Lipinski definition) is 1. The van der Waals surface area contributed by atoms with Crippen molar-refractivity contribution in [2.75, 3.05) is 58.8 Å². The fourth-order valence-electron chi connectivity index (χ4n) is 3.41. The Morgan fingerprint density at radius 3 is 2.59 bits per heavy atom. The highest BCUT2D eigenvalue weighted by Crippen LogP contribution is 2.16. The first-order chi connectivity index (χ1) is 13.1. The maximum absolute atomic E-state index is 12.5. The first-order valence-electron chi connectivity index (χ1n) is 9.56. The van der Waals surface area contributed by atoms with Gasteiger partial charge in [-0.2, -0.15) is 0 Å². The second-order valence-electron chi connectivity index (χ2n) is 7.13. The Hall–Kier alpha value is -2.35. The Kier molecular flexibility index (Phi) is 6.49. The Morgan fingerprint density at radius 1 is 1.30 bits per heavy atom. The Morgan fingerprint density at radius 2 is 2.04 bits per heavy atom. The SMILES string of the molecule is CN=C(NCc1ccc(N(C)C)nc1)N1CCN(C(=O)C2CCCO2)CC1. The lowest BCUT2D eigenvalue weighted by molar-refractivity contribution is -0.142. The molecule has 2 saturated heterocycles. The van der Waals surface area contributed by atoms with Crippen molar-refractivity contribution < 1.29 is 9.53 Å². The third kappa shape index (κ3) is 4.88. The van der Waals surface area contributed by atoms with E-state index in [0.717, 1.165) is 43.3 Å². The van der Waals surface area contributed by atoms with E-state index in [4.69, 9.17) is 4.74 Å². The van der Waals surface area contributed by atoms with Gasteiger partial charge in [-0.3, -0.25) is 9.79 Å². The molecule has 0 radical (unpaired) electrons. The lowest BCUT2D eigenvalue weighted by Gasteiger charge is -2.37. The summed E-state index contributed by atoms with van der Waals surface area (Å²) in [7, 11) is 5.75. The Balaban J connectivity index is 1.48. The molecule has 2 aliphatic rings. The summed E-state index contributed by atoms with van der Waals surface area (Å²) in [6, 6.07) is 4.08. The minimum absolute atomic E-state index is 0.141. The molecule has 0 saturated carbocycles. The largest absolute Gasteiger partial charge is 0.368 e. The predicted octanol–water partition coefficient (Wildman–Crippen LogP) is 0.546. The number of hydrogen-bond acceptors (Lipinski definition) is 5. The zero-order chi connectivity index (χ0) is 19.2. The number of aromatic nitrogens is 1. The number of rotatable bonds is 4. The van der Waals surface area contributed by atoms with Crippen LogP contribution in [0.4, 0.5) is 5.82 Å². The first kappa shape index (κ1) is 19.4. The predicted molar refractivity (Wildman–Crippen MR) is 106 cm³/mol. The second kappa shape index (κ2) is 9.03. The number of nitrogens with one attached hydrogen (secondary N) is 1. The zero-order valence-electron chi connectivity index (χ0n) is 16.5. The summed E-state index contributed by atoms with van der Waals surface area (Å²) in [6.45, 7) is 4.34. The van der Waals surface area contributed by atoms with Crippen LogP contribution in [0.3, 0.4) is 0 Å². The van der Waals surface area contributed by atoms with Crippen LogP contribution in [0.25, 0.3) is 0 Å². The highest BCUT2D eigenvalue weighted by atomic mass is 16.5. The number of aliphatic imine (C=N–C) groups is 1. The van der Waals surface area contributed by atoms with E-state index >= 15 is 0 Å². The van der Waals surface area contributed by atoms with Crippen LogP contribution in [0.5, 0.6) is 0 Å². The third-order valence-corrected chi connectivity index (χ3v) is 5.03. The van der Waals surface area contributed by atoms with Gasteiger partial charge in [-0.1, -0.05) is 6.07 Å². The molecule has 3 rings (SSSR count). The van der Waals surface area contributed by atoms with Crippen molar-refractivity contribution in [2.24, 2.45) is 4.99 Å². The average Bonchev–Trinajstić information content (AvgIpc) is 3.23. The molecule has 2 fully saturated rings. The van der Waals surface area contributed by atoms with Crippen molar-refractivity contribution in [3.8, 4) is 0 Å². The van der Waals surface area contributed by atoms with E-state index in [2.05, 4.69) is 26.3 Å². The van der Waals surface area contributed by atoms with Crippen LogP contribution in [0.1, 0.15) is 18.4 Å². The van der Waals surface area contributed by atoms with Gasteiger partial charge >= 0.3 is 0 Å². The van der Waals surface area contributed by atoms with Crippen LogP contribution in [0.15, 0.2) is 23.3 Å². The van der Waals surface area contributed by atoms with Gasteiger partial charge in [0.05, 0.1) is 0 Å². The molecule has 1 aromatic rings. The van der Waals surface area contributed by atoms with E-state index in [1.807, 2.05) is 36.2 Å². The molecule has 1 amide bonds. The van der Waals surface area contributed by atoms with E-state index in [9.17, 15) is 4.79 Å². The molecule has 0 aliphatic carbocycles. The number of nitrogens with zero attached hydrogens (tertiary/aromatic N) is 5. The molecule has 1 aromatic heterocycles. The molecular formula is C19H30N6O2. The molecule has 0 aromatic carbocycles. The summed E-state index contributed by atoms with van der Waals surface area (Å²) >= 11 is 0. The smallest absolute Gasteiger partial charge is 0.251 e. The average molecular weight is 374 g/mol. The number of ether oxygens (including phenoxy) is 1. The van der Waals surface area contributed by atoms with Crippen LogP contribution in [-0.2, 0) is 16.1 Å². The quantitative estimate of drug-likeness (QED) is 0.613. The number of amides is 1. The molecule has 0 bridgehead atoms.